The summed E-state index contributed by atoms with van der Waals surface area (Å²) in [4.78, 5) is 11.7. The van der Waals surface area contributed by atoms with E-state index in [4.69, 9.17) is 4.74 Å². The molecule has 1 heterocycles. The molecule has 5 heteroatoms. The van der Waals surface area contributed by atoms with Gasteiger partial charge < -0.3 is 20.5 Å². The van der Waals surface area contributed by atoms with Crippen LogP contribution in [-0.4, -0.2) is 42.5 Å². The molecule has 1 aliphatic heterocycles. The smallest absolute Gasteiger partial charge is 0.315 e. The first-order chi connectivity index (χ1) is 8.24. The number of hydrogen-bond acceptors (Lipinski definition) is 3. The van der Waals surface area contributed by atoms with Crippen LogP contribution in [0.4, 0.5) is 4.79 Å². The number of urea groups is 1. The van der Waals surface area contributed by atoms with E-state index in [0.717, 1.165) is 45.1 Å². The van der Waals surface area contributed by atoms with Crippen molar-refractivity contribution in [3.63, 3.8) is 0 Å². The lowest BCUT2D eigenvalue weighted by atomic mass is 9.99. The second-order valence-electron chi connectivity index (χ2n) is 5.12. The Morgan fingerprint density at radius 3 is 2.71 bits per heavy atom. The van der Waals surface area contributed by atoms with Gasteiger partial charge in [-0.1, -0.05) is 12.8 Å². The maximum absolute atomic E-state index is 11.7. The third kappa shape index (κ3) is 3.33. The fourth-order valence-electron chi connectivity index (χ4n) is 2.67. The number of aliphatic hydroxyl groups is 1. The molecule has 2 rings (SSSR count). The number of hydrogen-bond donors (Lipinski definition) is 3. The minimum Gasteiger partial charge on any atom is -0.394 e. The van der Waals surface area contributed by atoms with Gasteiger partial charge in [0, 0.05) is 13.2 Å². The standard InChI is InChI=1S/C12H22N2O3/c15-9-12(5-1-2-6-12)14-11(16)13-8-10-4-3-7-17-10/h10,15H,1-9H2,(H2,13,14,16). The lowest BCUT2D eigenvalue weighted by Gasteiger charge is -2.28. The second kappa shape index (κ2) is 5.69. The van der Waals surface area contributed by atoms with E-state index in [2.05, 4.69) is 10.6 Å². The van der Waals surface area contributed by atoms with Gasteiger partial charge in [-0.2, -0.15) is 0 Å². The summed E-state index contributed by atoms with van der Waals surface area (Å²) in [6.45, 7) is 1.39. The van der Waals surface area contributed by atoms with E-state index in [1.807, 2.05) is 0 Å². The first kappa shape index (κ1) is 12.6. The van der Waals surface area contributed by atoms with Crippen molar-refractivity contribution in [2.45, 2.75) is 50.2 Å². The molecule has 2 fully saturated rings. The third-order valence-corrected chi connectivity index (χ3v) is 3.76. The number of carbonyl (C=O) groups excluding carboxylic acids is 1. The van der Waals surface area contributed by atoms with Gasteiger partial charge in [0.2, 0.25) is 0 Å². The maximum atomic E-state index is 11.7. The Labute approximate surface area is 102 Å². The minimum atomic E-state index is -0.388. The van der Waals surface area contributed by atoms with Crippen LogP contribution >= 0.6 is 0 Å². The number of nitrogens with one attached hydrogen (secondary N) is 2. The largest absolute Gasteiger partial charge is 0.394 e. The molecule has 1 unspecified atom stereocenters. The summed E-state index contributed by atoms with van der Waals surface area (Å²) in [6.07, 6.45) is 6.15. The van der Waals surface area contributed by atoms with E-state index >= 15 is 0 Å². The zero-order valence-electron chi connectivity index (χ0n) is 10.2. The van der Waals surface area contributed by atoms with E-state index in [0.29, 0.717) is 6.54 Å². The summed E-state index contributed by atoms with van der Waals surface area (Å²) in [5.41, 5.74) is -0.388. The first-order valence-electron chi connectivity index (χ1n) is 6.53. The molecule has 0 radical (unpaired) electrons. The summed E-state index contributed by atoms with van der Waals surface area (Å²) in [6, 6.07) is -0.184. The van der Waals surface area contributed by atoms with E-state index < -0.39 is 0 Å². The van der Waals surface area contributed by atoms with Gasteiger partial charge in [-0.15, -0.1) is 0 Å². The lowest BCUT2D eigenvalue weighted by molar-refractivity contribution is 0.109. The van der Waals surface area contributed by atoms with Gasteiger partial charge in [0.05, 0.1) is 18.2 Å². The Balaban J connectivity index is 1.72. The van der Waals surface area contributed by atoms with Crippen LogP contribution < -0.4 is 10.6 Å². The van der Waals surface area contributed by atoms with E-state index in [9.17, 15) is 9.90 Å². The van der Waals surface area contributed by atoms with Crippen molar-refractivity contribution in [1.82, 2.24) is 10.6 Å². The molecular weight excluding hydrogens is 220 g/mol. The third-order valence-electron chi connectivity index (χ3n) is 3.76. The molecule has 17 heavy (non-hydrogen) atoms. The van der Waals surface area contributed by atoms with Crippen molar-refractivity contribution < 1.29 is 14.6 Å². The topological polar surface area (TPSA) is 70.6 Å². The molecule has 1 atom stereocenters. The van der Waals surface area contributed by atoms with Crippen molar-refractivity contribution in [3.8, 4) is 0 Å². The van der Waals surface area contributed by atoms with Crippen molar-refractivity contribution in [2.24, 2.45) is 0 Å². The molecule has 5 nitrogen and oxygen atoms in total. The summed E-state index contributed by atoms with van der Waals surface area (Å²) in [5.74, 6) is 0. The molecule has 1 saturated heterocycles. The Morgan fingerprint density at radius 2 is 2.12 bits per heavy atom. The van der Waals surface area contributed by atoms with Gasteiger partial charge in [0.25, 0.3) is 0 Å². The SMILES string of the molecule is O=C(NCC1CCCO1)NC1(CO)CCCC1. The van der Waals surface area contributed by atoms with Gasteiger partial charge in [0.1, 0.15) is 0 Å². The summed E-state index contributed by atoms with van der Waals surface area (Å²) >= 11 is 0. The predicted octanol–water partition coefficient (Wildman–Crippen LogP) is 0.770. The Kier molecular flexibility index (Phi) is 4.23. The maximum Gasteiger partial charge on any atom is 0.315 e. The highest BCUT2D eigenvalue weighted by atomic mass is 16.5. The normalized spacial score (nSPS) is 27.0. The van der Waals surface area contributed by atoms with Crippen LogP contribution in [0, 0.1) is 0 Å². The molecule has 2 aliphatic rings. The molecule has 0 aromatic carbocycles. The highest BCUT2D eigenvalue weighted by molar-refractivity contribution is 5.74. The number of aliphatic hydroxyl groups excluding tert-OH is 1. The van der Waals surface area contributed by atoms with E-state index in [1.165, 1.54) is 0 Å². The Bertz CT molecular complexity index is 258. The summed E-state index contributed by atoms with van der Waals surface area (Å²) < 4.78 is 5.43. The van der Waals surface area contributed by atoms with Crippen LogP contribution in [0.2, 0.25) is 0 Å². The summed E-state index contributed by atoms with van der Waals surface area (Å²) in [7, 11) is 0. The van der Waals surface area contributed by atoms with Crippen LogP contribution in [0.5, 0.6) is 0 Å². The highest BCUT2D eigenvalue weighted by Crippen LogP contribution is 2.28. The van der Waals surface area contributed by atoms with Gasteiger partial charge in [-0.3, -0.25) is 0 Å². The minimum absolute atomic E-state index is 0.0281. The zero-order chi connectivity index (χ0) is 12.1. The van der Waals surface area contributed by atoms with Crippen molar-refractivity contribution in [3.05, 3.63) is 0 Å². The average molecular weight is 242 g/mol. The number of rotatable bonds is 4. The monoisotopic (exact) mass is 242 g/mol. The van der Waals surface area contributed by atoms with Gasteiger partial charge in [-0.05, 0) is 25.7 Å². The Morgan fingerprint density at radius 1 is 1.35 bits per heavy atom. The molecule has 0 bridgehead atoms. The fourth-order valence-corrected chi connectivity index (χ4v) is 2.67. The van der Waals surface area contributed by atoms with Crippen molar-refractivity contribution in [2.75, 3.05) is 19.8 Å². The summed E-state index contributed by atoms with van der Waals surface area (Å²) in [5, 5.41) is 15.1. The predicted molar refractivity (Wildman–Crippen MR) is 63.8 cm³/mol. The van der Waals surface area contributed by atoms with Crippen LogP contribution in [0.1, 0.15) is 38.5 Å². The Hall–Kier alpha value is -0.810. The first-order valence-corrected chi connectivity index (χ1v) is 6.53. The lowest BCUT2D eigenvalue weighted by Crippen LogP contribution is -2.53. The molecule has 98 valence electrons. The second-order valence-corrected chi connectivity index (χ2v) is 5.12. The number of carbonyl (C=O) groups is 1. The molecule has 1 saturated carbocycles. The molecule has 0 aromatic rings. The number of amides is 2. The van der Waals surface area contributed by atoms with Crippen molar-refractivity contribution >= 4 is 6.03 Å². The number of ether oxygens (including phenoxy) is 1. The molecule has 2 amide bonds. The quantitative estimate of drug-likeness (QED) is 0.682. The van der Waals surface area contributed by atoms with E-state index in [-0.39, 0.29) is 24.3 Å². The van der Waals surface area contributed by atoms with Gasteiger partial charge >= 0.3 is 6.03 Å². The molecular formula is C12H22N2O3. The van der Waals surface area contributed by atoms with Crippen molar-refractivity contribution in [1.29, 1.82) is 0 Å². The van der Waals surface area contributed by atoms with Gasteiger partial charge in [0.15, 0.2) is 0 Å². The van der Waals surface area contributed by atoms with Crippen LogP contribution in [0.25, 0.3) is 0 Å². The molecule has 1 aliphatic carbocycles. The molecule has 0 spiro atoms. The molecule has 0 aromatic heterocycles. The van der Waals surface area contributed by atoms with Gasteiger partial charge in [-0.25, -0.2) is 4.79 Å². The fraction of sp³-hybridized carbons (Fsp3) is 0.917. The van der Waals surface area contributed by atoms with Crippen LogP contribution in [0.3, 0.4) is 0 Å². The van der Waals surface area contributed by atoms with E-state index in [1.54, 1.807) is 0 Å². The van der Waals surface area contributed by atoms with Crippen LogP contribution in [-0.2, 0) is 4.74 Å². The zero-order valence-corrected chi connectivity index (χ0v) is 10.2. The molecule has 3 N–H and O–H groups in total. The van der Waals surface area contributed by atoms with Crippen LogP contribution in [0.15, 0.2) is 0 Å². The average Bonchev–Trinajstić information content (AvgIpc) is 2.98. The highest BCUT2D eigenvalue weighted by Gasteiger charge is 2.34.